The van der Waals surface area contributed by atoms with E-state index in [9.17, 15) is 14.4 Å². The van der Waals surface area contributed by atoms with Gasteiger partial charge >= 0.3 is 0 Å². The van der Waals surface area contributed by atoms with Crippen molar-refractivity contribution in [3.05, 3.63) is 65.2 Å². The Balaban J connectivity index is 1.83. The van der Waals surface area contributed by atoms with Gasteiger partial charge in [0.2, 0.25) is 5.91 Å². The van der Waals surface area contributed by atoms with E-state index in [2.05, 4.69) is 35.3 Å². The quantitative estimate of drug-likeness (QED) is 0.419. The van der Waals surface area contributed by atoms with Crippen molar-refractivity contribution >= 4 is 40.7 Å². The van der Waals surface area contributed by atoms with E-state index in [-0.39, 0.29) is 16.9 Å². The molecule has 30 heavy (non-hydrogen) atoms. The lowest BCUT2D eigenvalue weighted by molar-refractivity contribution is -0.116. The topological polar surface area (TPSA) is 99.3 Å². The Bertz CT molecular complexity index is 909. The van der Waals surface area contributed by atoms with Crippen LogP contribution in [-0.4, -0.2) is 22.8 Å². The van der Waals surface area contributed by atoms with Gasteiger partial charge in [0.25, 0.3) is 11.8 Å². The third-order valence-electron chi connectivity index (χ3n) is 4.26. The van der Waals surface area contributed by atoms with Crippen molar-refractivity contribution in [3.63, 3.8) is 0 Å². The number of carbonyl (C=O) groups is 3. The molecule has 0 aromatic heterocycles. The average molecular weight is 427 g/mol. The highest BCUT2D eigenvalue weighted by atomic mass is 32.1. The van der Waals surface area contributed by atoms with E-state index in [1.54, 1.807) is 36.4 Å². The van der Waals surface area contributed by atoms with Gasteiger partial charge in [0, 0.05) is 23.2 Å². The molecule has 2 rings (SSSR count). The van der Waals surface area contributed by atoms with Crippen LogP contribution in [0.3, 0.4) is 0 Å². The lowest BCUT2D eigenvalue weighted by Gasteiger charge is -2.12. The molecule has 0 aliphatic heterocycles. The number of anilines is 1. The molecule has 0 aliphatic rings. The molecule has 4 N–H and O–H groups in total. The molecule has 3 amide bonds. The summed E-state index contributed by atoms with van der Waals surface area (Å²) >= 11 is 5.05. The van der Waals surface area contributed by atoms with Crippen LogP contribution >= 0.6 is 12.2 Å². The number of nitrogens with one attached hydrogen (secondary N) is 4. The summed E-state index contributed by atoms with van der Waals surface area (Å²) in [6.07, 6.45) is 1.20. The van der Waals surface area contributed by atoms with Crippen LogP contribution in [0, 0.1) is 0 Å². The van der Waals surface area contributed by atoms with Crippen LogP contribution < -0.4 is 21.5 Å². The Kier molecular flexibility index (Phi) is 8.49. The molecule has 0 saturated heterocycles. The highest BCUT2D eigenvalue weighted by molar-refractivity contribution is 7.80. The lowest BCUT2D eigenvalue weighted by Crippen LogP contribution is -2.48. The van der Waals surface area contributed by atoms with Crippen LogP contribution in [0.25, 0.3) is 0 Å². The maximum Gasteiger partial charge on any atom is 0.269 e. The van der Waals surface area contributed by atoms with Gasteiger partial charge in [0.1, 0.15) is 0 Å². The van der Waals surface area contributed by atoms with Crippen LogP contribution in [0.15, 0.2) is 48.5 Å². The van der Waals surface area contributed by atoms with Crippen LogP contribution in [0.1, 0.15) is 65.8 Å². The van der Waals surface area contributed by atoms with Gasteiger partial charge in [-0.05, 0) is 66.5 Å². The molecular formula is C22H26N4O3S. The first-order chi connectivity index (χ1) is 14.3. The molecule has 158 valence electrons. The van der Waals surface area contributed by atoms with Crippen molar-refractivity contribution in [1.82, 2.24) is 16.2 Å². The molecule has 8 heteroatoms. The van der Waals surface area contributed by atoms with E-state index in [1.807, 2.05) is 19.1 Å². The minimum Gasteiger partial charge on any atom is -0.326 e. The molecule has 0 spiro atoms. The van der Waals surface area contributed by atoms with E-state index in [1.165, 1.54) is 0 Å². The molecule has 0 heterocycles. The van der Waals surface area contributed by atoms with Crippen LogP contribution in [0.2, 0.25) is 0 Å². The fourth-order valence-corrected chi connectivity index (χ4v) is 2.71. The number of hydrazine groups is 1. The maximum absolute atomic E-state index is 12.2. The predicted molar refractivity (Wildman–Crippen MR) is 121 cm³/mol. The lowest BCUT2D eigenvalue weighted by atomic mass is 10.0. The third kappa shape index (κ3) is 6.97. The van der Waals surface area contributed by atoms with Gasteiger partial charge in [0.15, 0.2) is 5.11 Å². The van der Waals surface area contributed by atoms with E-state index < -0.39 is 5.91 Å². The van der Waals surface area contributed by atoms with Crippen LogP contribution in [0.4, 0.5) is 5.69 Å². The first-order valence-electron chi connectivity index (χ1n) is 9.71. The van der Waals surface area contributed by atoms with Gasteiger partial charge in [-0.25, -0.2) is 0 Å². The number of thiocarbonyl (C=S) groups is 1. The molecule has 0 atom stereocenters. The number of carbonyl (C=O) groups excluding carboxylic acids is 3. The summed E-state index contributed by atoms with van der Waals surface area (Å²) in [6, 6.07) is 13.7. The summed E-state index contributed by atoms with van der Waals surface area (Å²) in [4.78, 5) is 36.0. The Morgan fingerprint density at radius 2 is 1.43 bits per heavy atom. The molecule has 0 radical (unpaired) electrons. The highest BCUT2D eigenvalue weighted by Crippen LogP contribution is 2.14. The Morgan fingerprint density at radius 1 is 0.867 bits per heavy atom. The molecule has 0 fully saturated rings. The maximum atomic E-state index is 12.2. The fraction of sp³-hybridized carbons (Fsp3) is 0.273. The molecule has 0 unspecified atom stereocenters. The van der Waals surface area contributed by atoms with Gasteiger partial charge in [-0.2, -0.15) is 0 Å². The first-order valence-corrected chi connectivity index (χ1v) is 10.1. The molecule has 7 nitrogen and oxygen atoms in total. The second-order valence-electron chi connectivity index (χ2n) is 7.01. The Morgan fingerprint density at radius 3 is 2.00 bits per heavy atom. The minimum absolute atomic E-state index is 0.0234. The van der Waals surface area contributed by atoms with Gasteiger partial charge in [-0.1, -0.05) is 32.9 Å². The van der Waals surface area contributed by atoms with Crippen molar-refractivity contribution in [2.75, 3.05) is 5.32 Å². The molecule has 2 aromatic carbocycles. The number of hydrogen-bond acceptors (Lipinski definition) is 4. The van der Waals surface area contributed by atoms with Gasteiger partial charge in [-0.3, -0.25) is 30.6 Å². The van der Waals surface area contributed by atoms with Gasteiger partial charge < -0.3 is 5.32 Å². The zero-order chi connectivity index (χ0) is 22.1. The molecule has 2 aromatic rings. The van der Waals surface area contributed by atoms with Crippen molar-refractivity contribution in [3.8, 4) is 0 Å². The first kappa shape index (κ1) is 23.0. The smallest absolute Gasteiger partial charge is 0.269 e. The van der Waals surface area contributed by atoms with Crippen molar-refractivity contribution in [1.29, 1.82) is 0 Å². The zero-order valence-electron chi connectivity index (χ0n) is 17.2. The zero-order valence-corrected chi connectivity index (χ0v) is 18.1. The summed E-state index contributed by atoms with van der Waals surface area (Å²) < 4.78 is 0. The van der Waals surface area contributed by atoms with E-state index in [0.717, 1.165) is 12.0 Å². The van der Waals surface area contributed by atoms with E-state index >= 15 is 0 Å². The number of rotatable bonds is 6. The molecule has 0 saturated carbocycles. The largest absolute Gasteiger partial charge is 0.326 e. The summed E-state index contributed by atoms with van der Waals surface area (Å²) in [5.74, 6) is -0.499. The normalized spacial score (nSPS) is 10.3. The summed E-state index contributed by atoms with van der Waals surface area (Å²) in [5, 5.41) is 5.24. The summed E-state index contributed by atoms with van der Waals surface area (Å²) in [5.41, 5.74) is 7.52. The molecular weight excluding hydrogens is 400 g/mol. The van der Waals surface area contributed by atoms with E-state index in [4.69, 9.17) is 12.2 Å². The van der Waals surface area contributed by atoms with Gasteiger partial charge in [-0.15, -0.1) is 0 Å². The number of hydrogen-bond donors (Lipinski definition) is 4. The van der Waals surface area contributed by atoms with Crippen molar-refractivity contribution in [2.24, 2.45) is 0 Å². The SMILES string of the molecule is CCCC(=O)Nc1ccc(C(=O)NNC(=S)NC(=O)c2ccc(C(C)C)cc2)cc1. The van der Waals surface area contributed by atoms with Crippen molar-refractivity contribution in [2.45, 2.75) is 39.5 Å². The summed E-state index contributed by atoms with van der Waals surface area (Å²) in [7, 11) is 0. The second kappa shape index (κ2) is 11.1. The third-order valence-corrected chi connectivity index (χ3v) is 4.47. The highest BCUT2D eigenvalue weighted by Gasteiger charge is 2.10. The predicted octanol–water partition coefficient (Wildman–Crippen LogP) is 3.50. The standard InChI is InChI=1S/C22H26N4O3S/c1-4-5-19(27)23-18-12-10-17(11-13-18)21(29)25-26-22(30)24-20(28)16-8-6-15(7-9-16)14(2)3/h6-14H,4-5H2,1-3H3,(H,23,27)(H,25,29)(H2,24,26,28,30). The minimum atomic E-state index is -0.431. The Hall–Kier alpha value is -3.26. The van der Waals surface area contributed by atoms with E-state index in [0.29, 0.717) is 29.2 Å². The van der Waals surface area contributed by atoms with Crippen molar-refractivity contribution < 1.29 is 14.4 Å². The summed E-state index contributed by atoms with van der Waals surface area (Å²) in [6.45, 7) is 6.08. The fourth-order valence-electron chi connectivity index (χ4n) is 2.57. The number of amides is 3. The molecule has 0 aliphatic carbocycles. The Labute approximate surface area is 181 Å². The number of benzene rings is 2. The van der Waals surface area contributed by atoms with Gasteiger partial charge in [0.05, 0.1) is 0 Å². The van der Waals surface area contributed by atoms with Crippen LogP contribution in [-0.2, 0) is 4.79 Å². The van der Waals surface area contributed by atoms with Crippen LogP contribution in [0.5, 0.6) is 0 Å². The monoisotopic (exact) mass is 426 g/mol. The molecule has 0 bridgehead atoms. The second-order valence-corrected chi connectivity index (χ2v) is 7.42. The average Bonchev–Trinajstić information content (AvgIpc) is 2.72.